The molecule has 3 aromatic rings. The molecule has 1 saturated heterocycles. The molecule has 4 nitrogen and oxygen atoms in total. The first kappa shape index (κ1) is 16.8. The van der Waals surface area contributed by atoms with Crippen molar-refractivity contribution in [2.24, 2.45) is 5.92 Å². The molecule has 1 aliphatic carbocycles. The number of hydrogen-bond acceptors (Lipinski definition) is 3. The van der Waals surface area contributed by atoms with Crippen molar-refractivity contribution in [3.63, 3.8) is 0 Å². The van der Waals surface area contributed by atoms with Crippen LogP contribution in [0.5, 0.6) is 0 Å². The first-order chi connectivity index (χ1) is 13.2. The summed E-state index contributed by atoms with van der Waals surface area (Å²) in [7, 11) is 0. The highest BCUT2D eigenvalue weighted by molar-refractivity contribution is 5.88. The standard InChI is InChI=1S/C23H27N3O/c1-4-8-26-13-16(9-19-14(2)25-27-15(19)3)10-20-18-6-5-7-21-23(18)17(12-24-21)11-22(20)26/h4-7,12,16,20,22,24H,1,8-11,13H2,2-3H3/t16-,20-,22-/m1/s1. The Morgan fingerprint density at radius 1 is 1.37 bits per heavy atom. The molecule has 5 rings (SSSR count). The van der Waals surface area contributed by atoms with E-state index in [2.05, 4.69) is 59.0 Å². The number of nitrogens with one attached hydrogen (secondary N) is 1. The number of H-pyrrole nitrogens is 1. The van der Waals surface area contributed by atoms with E-state index in [0.717, 1.165) is 37.4 Å². The predicted molar refractivity (Wildman–Crippen MR) is 108 cm³/mol. The van der Waals surface area contributed by atoms with Crippen LogP contribution in [-0.2, 0) is 12.8 Å². The van der Waals surface area contributed by atoms with Crippen LogP contribution in [0.15, 0.2) is 41.6 Å². The van der Waals surface area contributed by atoms with E-state index in [0.29, 0.717) is 17.9 Å². The minimum absolute atomic E-state index is 0.567. The number of fused-ring (bicyclic) bond motifs is 2. The second kappa shape index (κ2) is 6.38. The van der Waals surface area contributed by atoms with Crippen LogP contribution in [0, 0.1) is 19.8 Å². The monoisotopic (exact) mass is 361 g/mol. The molecule has 1 fully saturated rings. The first-order valence-electron chi connectivity index (χ1n) is 10.0. The summed E-state index contributed by atoms with van der Waals surface area (Å²) in [5.41, 5.74) is 6.62. The summed E-state index contributed by atoms with van der Waals surface area (Å²) >= 11 is 0. The van der Waals surface area contributed by atoms with E-state index in [1.54, 1.807) is 0 Å². The lowest BCUT2D eigenvalue weighted by molar-refractivity contribution is 0.0963. The van der Waals surface area contributed by atoms with Gasteiger partial charge in [0.1, 0.15) is 5.76 Å². The quantitative estimate of drug-likeness (QED) is 0.694. The molecular formula is C23H27N3O. The molecule has 0 saturated carbocycles. The van der Waals surface area contributed by atoms with Gasteiger partial charge in [0, 0.05) is 47.7 Å². The third-order valence-electron chi connectivity index (χ3n) is 6.70. The molecule has 1 aliphatic heterocycles. The van der Waals surface area contributed by atoms with E-state index in [1.165, 1.54) is 34.0 Å². The Labute approximate surface area is 160 Å². The molecule has 1 aromatic carbocycles. The maximum atomic E-state index is 5.42. The van der Waals surface area contributed by atoms with Crippen molar-refractivity contribution in [1.82, 2.24) is 15.0 Å². The van der Waals surface area contributed by atoms with Gasteiger partial charge >= 0.3 is 0 Å². The van der Waals surface area contributed by atoms with E-state index in [9.17, 15) is 0 Å². The summed E-state index contributed by atoms with van der Waals surface area (Å²) in [5.74, 6) is 2.17. The molecule has 2 aliphatic rings. The number of likely N-dealkylation sites (tertiary alicyclic amines) is 1. The first-order valence-corrected chi connectivity index (χ1v) is 10.0. The Hall–Kier alpha value is -2.33. The average molecular weight is 361 g/mol. The maximum Gasteiger partial charge on any atom is 0.137 e. The highest BCUT2D eigenvalue weighted by atomic mass is 16.5. The topological polar surface area (TPSA) is 45.1 Å². The number of aromatic amines is 1. The van der Waals surface area contributed by atoms with Crippen LogP contribution in [0.2, 0.25) is 0 Å². The van der Waals surface area contributed by atoms with E-state index in [4.69, 9.17) is 4.52 Å². The van der Waals surface area contributed by atoms with Crippen molar-refractivity contribution in [2.45, 2.75) is 45.1 Å². The number of benzene rings is 1. The molecule has 27 heavy (non-hydrogen) atoms. The fourth-order valence-corrected chi connectivity index (χ4v) is 5.50. The Morgan fingerprint density at radius 2 is 2.26 bits per heavy atom. The molecule has 0 unspecified atom stereocenters. The Balaban J connectivity index is 1.52. The van der Waals surface area contributed by atoms with Gasteiger partial charge in [0.05, 0.1) is 5.69 Å². The Morgan fingerprint density at radius 3 is 3.04 bits per heavy atom. The highest BCUT2D eigenvalue weighted by Gasteiger charge is 2.40. The molecule has 2 aromatic heterocycles. The van der Waals surface area contributed by atoms with E-state index < -0.39 is 0 Å². The number of aryl methyl sites for hydroxylation is 2. The third-order valence-corrected chi connectivity index (χ3v) is 6.70. The molecule has 1 N–H and O–H groups in total. The number of hydrogen-bond donors (Lipinski definition) is 1. The van der Waals surface area contributed by atoms with Crippen LogP contribution >= 0.6 is 0 Å². The van der Waals surface area contributed by atoms with Crippen molar-refractivity contribution in [1.29, 1.82) is 0 Å². The van der Waals surface area contributed by atoms with E-state index in [1.807, 2.05) is 6.92 Å². The van der Waals surface area contributed by atoms with Gasteiger partial charge in [0.25, 0.3) is 0 Å². The van der Waals surface area contributed by atoms with Crippen LogP contribution in [-0.4, -0.2) is 34.2 Å². The van der Waals surface area contributed by atoms with Gasteiger partial charge in [-0.05, 0) is 56.2 Å². The summed E-state index contributed by atoms with van der Waals surface area (Å²) in [5, 5.41) is 5.63. The largest absolute Gasteiger partial charge is 0.361 e. The maximum absolute atomic E-state index is 5.42. The van der Waals surface area contributed by atoms with Crippen molar-refractivity contribution < 1.29 is 4.52 Å². The van der Waals surface area contributed by atoms with Crippen LogP contribution in [0.3, 0.4) is 0 Å². The van der Waals surface area contributed by atoms with Gasteiger partial charge in [-0.25, -0.2) is 0 Å². The summed E-state index contributed by atoms with van der Waals surface area (Å²) in [6.07, 6.45) is 7.68. The van der Waals surface area contributed by atoms with Gasteiger partial charge in [-0.15, -0.1) is 6.58 Å². The lowest BCUT2D eigenvalue weighted by atomic mass is 9.71. The number of nitrogens with zero attached hydrogens (tertiary/aromatic N) is 2. The Kier molecular flexibility index (Phi) is 3.97. The zero-order valence-electron chi connectivity index (χ0n) is 16.2. The van der Waals surface area contributed by atoms with Crippen molar-refractivity contribution in [3.8, 4) is 0 Å². The van der Waals surface area contributed by atoms with Crippen molar-refractivity contribution >= 4 is 10.9 Å². The molecule has 0 radical (unpaired) electrons. The lowest BCUT2D eigenvalue weighted by Gasteiger charge is -2.47. The van der Waals surface area contributed by atoms with Gasteiger partial charge in [-0.1, -0.05) is 23.4 Å². The number of aromatic nitrogens is 2. The second-order valence-electron chi connectivity index (χ2n) is 8.31. The molecule has 0 bridgehead atoms. The highest BCUT2D eigenvalue weighted by Crippen LogP contribution is 2.45. The van der Waals surface area contributed by atoms with Crippen molar-refractivity contribution in [2.75, 3.05) is 13.1 Å². The predicted octanol–water partition coefficient (Wildman–Crippen LogP) is 4.53. The fourth-order valence-electron chi connectivity index (χ4n) is 5.50. The van der Waals surface area contributed by atoms with Crippen LogP contribution in [0.4, 0.5) is 0 Å². The van der Waals surface area contributed by atoms with E-state index in [-0.39, 0.29) is 0 Å². The van der Waals surface area contributed by atoms with Crippen LogP contribution < -0.4 is 0 Å². The normalized spacial score (nSPS) is 24.9. The minimum atomic E-state index is 0.567. The van der Waals surface area contributed by atoms with Gasteiger partial charge in [-0.3, -0.25) is 4.90 Å². The molecule has 3 atom stereocenters. The zero-order valence-corrected chi connectivity index (χ0v) is 16.2. The van der Waals surface area contributed by atoms with Gasteiger partial charge in [-0.2, -0.15) is 0 Å². The molecule has 0 amide bonds. The molecule has 140 valence electrons. The van der Waals surface area contributed by atoms with Gasteiger partial charge < -0.3 is 9.51 Å². The number of rotatable bonds is 4. The fraction of sp³-hybridized carbons (Fsp3) is 0.435. The van der Waals surface area contributed by atoms with Gasteiger partial charge in [0.2, 0.25) is 0 Å². The third kappa shape index (κ3) is 2.66. The Bertz CT molecular complexity index is 979. The zero-order chi connectivity index (χ0) is 18.5. The van der Waals surface area contributed by atoms with Crippen molar-refractivity contribution in [3.05, 3.63) is 65.2 Å². The van der Waals surface area contributed by atoms with E-state index >= 15 is 0 Å². The summed E-state index contributed by atoms with van der Waals surface area (Å²) in [4.78, 5) is 6.13. The summed E-state index contributed by atoms with van der Waals surface area (Å²) in [6.45, 7) is 10.2. The average Bonchev–Trinajstić information content (AvgIpc) is 3.22. The molecule has 3 heterocycles. The minimum Gasteiger partial charge on any atom is -0.361 e. The molecular weight excluding hydrogens is 334 g/mol. The summed E-state index contributed by atoms with van der Waals surface area (Å²) < 4.78 is 5.42. The summed E-state index contributed by atoms with van der Waals surface area (Å²) in [6, 6.07) is 7.32. The van der Waals surface area contributed by atoms with Crippen LogP contribution in [0.25, 0.3) is 10.9 Å². The molecule has 4 heteroatoms. The number of piperidine rings is 1. The second-order valence-corrected chi connectivity index (χ2v) is 8.31. The van der Waals surface area contributed by atoms with Crippen LogP contribution in [0.1, 0.15) is 40.5 Å². The lowest BCUT2D eigenvalue weighted by Crippen LogP contribution is -2.50. The SMILES string of the molecule is C=CCN1C[C@H](Cc2c(C)noc2C)C[C@@H]2c3cccc4[nH]cc(c34)C[C@H]21. The molecule has 0 spiro atoms. The van der Waals surface area contributed by atoms with Gasteiger partial charge in [0.15, 0.2) is 0 Å². The smallest absolute Gasteiger partial charge is 0.137 e.